The highest BCUT2D eigenvalue weighted by Crippen LogP contribution is 2.37. The van der Waals surface area contributed by atoms with Crippen LogP contribution in [0.3, 0.4) is 0 Å². The van der Waals surface area contributed by atoms with Crippen molar-refractivity contribution in [2.45, 2.75) is 46.1 Å². The van der Waals surface area contributed by atoms with Crippen molar-refractivity contribution in [2.75, 3.05) is 33.7 Å². The van der Waals surface area contributed by atoms with Gasteiger partial charge in [-0.3, -0.25) is 9.59 Å². The zero-order chi connectivity index (χ0) is 18.0. The number of hydrogen-bond donors (Lipinski definition) is 1. The monoisotopic (exact) mass is 323 g/mol. The molecule has 1 heterocycles. The van der Waals surface area contributed by atoms with Crippen LogP contribution in [0.2, 0.25) is 0 Å². The topological polar surface area (TPSA) is 52.7 Å². The molecule has 0 aromatic carbocycles. The van der Waals surface area contributed by atoms with E-state index < -0.39 is 5.54 Å². The Morgan fingerprint density at radius 2 is 1.83 bits per heavy atom. The van der Waals surface area contributed by atoms with Crippen molar-refractivity contribution in [3.63, 3.8) is 0 Å². The van der Waals surface area contributed by atoms with Crippen LogP contribution in [-0.4, -0.2) is 61.4 Å². The molecule has 5 nitrogen and oxygen atoms in total. The van der Waals surface area contributed by atoms with Crippen molar-refractivity contribution in [2.24, 2.45) is 11.8 Å². The number of amides is 2. The van der Waals surface area contributed by atoms with Gasteiger partial charge in [-0.25, -0.2) is 0 Å². The molecule has 0 aromatic heterocycles. The molecule has 0 aromatic rings. The molecule has 0 aliphatic carbocycles. The number of carbonyl (C=O) groups is 2. The minimum Gasteiger partial charge on any atom is -0.344 e. The molecule has 1 rings (SSSR count). The van der Waals surface area contributed by atoms with Gasteiger partial charge in [0.2, 0.25) is 12.3 Å². The van der Waals surface area contributed by atoms with E-state index in [1.54, 1.807) is 11.9 Å². The molecule has 2 unspecified atom stereocenters. The molecule has 2 atom stereocenters. The van der Waals surface area contributed by atoms with Gasteiger partial charge >= 0.3 is 0 Å². The summed E-state index contributed by atoms with van der Waals surface area (Å²) in [5, 5.41) is 2.89. The van der Waals surface area contributed by atoms with E-state index >= 15 is 0 Å². The molecule has 1 aliphatic rings. The normalized spacial score (nSPS) is 27.2. The van der Waals surface area contributed by atoms with Crippen LogP contribution in [0, 0.1) is 24.2 Å². The maximum Gasteiger partial charge on any atom is 0.249 e. The summed E-state index contributed by atoms with van der Waals surface area (Å²) in [6.45, 7) is 9.97. The van der Waals surface area contributed by atoms with Gasteiger partial charge in [0.1, 0.15) is 5.54 Å². The van der Waals surface area contributed by atoms with Crippen LogP contribution in [0.25, 0.3) is 0 Å². The van der Waals surface area contributed by atoms with Crippen LogP contribution in [0.15, 0.2) is 0 Å². The summed E-state index contributed by atoms with van der Waals surface area (Å²) in [5.41, 5.74) is -0.844. The molecule has 2 amide bonds. The predicted molar refractivity (Wildman–Crippen MR) is 94.8 cm³/mol. The maximum atomic E-state index is 13.0. The molecule has 0 bridgehead atoms. The van der Waals surface area contributed by atoms with Gasteiger partial charge in [-0.1, -0.05) is 33.6 Å². The number of terminal acetylenes is 1. The summed E-state index contributed by atoms with van der Waals surface area (Å²) >= 11 is 0. The second-order valence-corrected chi connectivity index (χ2v) is 5.93. The van der Waals surface area contributed by atoms with Crippen LogP contribution in [0.4, 0.5) is 0 Å². The fourth-order valence-corrected chi connectivity index (χ4v) is 3.62. The number of hydrogen-bond acceptors (Lipinski definition) is 3. The summed E-state index contributed by atoms with van der Waals surface area (Å²) in [5.74, 6) is 2.59. The van der Waals surface area contributed by atoms with Crippen LogP contribution in [-0.2, 0) is 9.59 Å². The standard InChI is InChI=1S/C16H27N3O2.C2H6/c1-6-9-19(5)15(21)16(17-12-20)13(7-2)10-18(4)11-14(16)8-3;1-2/h1,12-14H,7-11H2,2-5H3,(H,17,20);1-2H3. The van der Waals surface area contributed by atoms with E-state index in [2.05, 4.69) is 37.0 Å². The zero-order valence-corrected chi connectivity index (χ0v) is 15.6. The van der Waals surface area contributed by atoms with Crippen molar-refractivity contribution >= 4 is 12.3 Å². The third kappa shape index (κ3) is 4.48. The SMILES string of the molecule is C#CCN(C)C(=O)C1(NC=O)C(CC)CN(C)CC1CC.CC. The van der Waals surface area contributed by atoms with Crippen LogP contribution < -0.4 is 5.32 Å². The van der Waals surface area contributed by atoms with Crippen molar-refractivity contribution < 1.29 is 9.59 Å². The molecule has 1 aliphatic heterocycles. The number of nitrogens with zero attached hydrogens (tertiary/aromatic N) is 2. The second-order valence-electron chi connectivity index (χ2n) is 5.93. The van der Waals surface area contributed by atoms with Crippen molar-refractivity contribution in [3.05, 3.63) is 0 Å². The van der Waals surface area contributed by atoms with E-state index in [-0.39, 0.29) is 24.3 Å². The van der Waals surface area contributed by atoms with E-state index in [1.165, 1.54) is 0 Å². The number of piperidine rings is 1. The lowest BCUT2D eigenvalue weighted by atomic mass is 9.67. The molecule has 1 saturated heterocycles. The van der Waals surface area contributed by atoms with Crippen LogP contribution in [0.5, 0.6) is 0 Å². The van der Waals surface area contributed by atoms with E-state index in [1.807, 2.05) is 13.8 Å². The largest absolute Gasteiger partial charge is 0.344 e. The van der Waals surface area contributed by atoms with Gasteiger partial charge in [-0.15, -0.1) is 6.42 Å². The van der Waals surface area contributed by atoms with E-state index in [9.17, 15) is 9.59 Å². The van der Waals surface area contributed by atoms with E-state index in [0.717, 1.165) is 25.9 Å². The van der Waals surface area contributed by atoms with E-state index in [0.29, 0.717) is 6.41 Å². The molecule has 1 N–H and O–H groups in total. The third-order valence-electron chi connectivity index (χ3n) is 4.66. The minimum atomic E-state index is -0.844. The summed E-state index contributed by atoms with van der Waals surface area (Å²) in [4.78, 5) is 28.1. The predicted octanol–water partition coefficient (Wildman–Crippen LogP) is 1.59. The van der Waals surface area contributed by atoms with Crippen LogP contribution >= 0.6 is 0 Å². The number of likely N-dealkylation sites (tertiary alicyclic amines) is 1. The summed E-state index contributed by atoms with van der Waals surface area (Å²) in [6, 6.07) is 0. The maximum absolute atomic E-state index is 13.0. The molecule has 0 spiro atoms. The number of rotatable bonds is 6. The Morgan fingerprint density at radius 1 is 1.35 bits per heavy atom. The Balaban J connectivity index is 0.00000232. The smallest absolute Gasteiger partial charge is 0.249 e. The molecule has 23 heavy (non-hydrogen) atoms. The Labute approximate surface area is 141 Å². The molecular weight excluding hydrogens is 290 g/mol. The van der Waals surface area contributed by atoms with Gasteiger partial charge in [0.15, 0.2) is 0 Å². The number of likely N-dealkylation sites (N-methyl/N-ethyl adjacent to an activating group) is 1. The number of nitrogens with one attached hydrogen (secondary N) is 1. The summed E-state index contributed by atoms with van der Waals surface area (Å²) < 4.78 is 0. The Hall–Kier alpha value is -1.54. The number of carbonyl (C=O) groups excluding carboxylic acids is 2. The second kappa shape index (κ2) is 10.3. The highest BCUT2D eigenvalue weighted by molar-refractivity contribution is 5.89. The van der Waals surface area contributed by atoms with Gasteiger partial charge < -0.3 is 15.1 Å². The first kappa shape index (κ1) is 21.5. The Morgan fingerprint density at radius 3 is 2.17 bits per heavy atom. The van der Waals surface area contributed by atoms with Crippen molar-refractivity contribution in [1.82, 2.24) is 15.1 Å². The van der Waals surface area contributed by atoms with E-state index in [4.69, 9.17) is 6.42 Å². The first-order valence-electron chi connectivity index (χ1n) is 8.56. The molecule has 5 heteroatoms. The lowest BCUT2D eigenvalue weighted by Gasteiger charge is -2.51. The lowest BCUT2D eigenvalue weighted by molar-refractivity contribution is -0.148. The molecule has 1 fully saturated rings. The quantitative estimate of drug-likeness (QED) is 0.596. The lowest BCUT2D eigenvalue weighted by Crippen LogP contribution is -2.71. The minimum absolute atomic E-state index is 0.0700. The van der Waals surface area contributed by atoms with Gasteiger partial charge in [0, 0.05) is 32.0 Å². The van der Waals surface area contributed by atoms with Gasteiger partial charge in [0.25, 0.3) is 0 Å². The third-order valence-corrected chi connectivity index (χ3v) is 4.66. The van der Waals surface area contributed by atoms with Gasteiger partial charge in [-0.2, -0.15) is 0 Å². The molecule has 132 valence electrons. The first-order valence-corrected chi connectivity index (χ1v) is 8.56. The Bertz CT molecular complexity index is 403. The molecular formula is C18H33N3O2. The van der Waals surface area contributed by atoms with Gasteiger partial charge in [0.05, 0.1) is 6.54 Å². The molecule has 0 radical (unpaired) electrons. The fourth-order valence-electron chi connectivity index (χ4n) is 3.62. The average molecular weight is 323 g/mol. The van der Waals surface area contributed by atoms with Crippen molar-refractivity contribution in [3.8, 4) is 12.3 Å². The van der Waals surface area contributed by atoms with Crippen LogP contribution in [0.1, 0.15) is 40.5 Å². The average Bonchev–Trinajstić information content (AvgIpc) is 2.57. The highest BCUT2D eigenvalue weighted by Gasteiger charge is 2.54. The summed E-state index contributed by atoms with van der Waals surface area (Å²) in [7, 11) is 3.76. The first-order chi connectivity index (χ1) is 11.0. The summed E-state index contributed by atoms with van der Waals surface area (Å²) in [6.07, 6.45) is 7.65. The zero-order valence-electron chi connectivity index (χ0n) is 15.6. The van der Waals surface area contributed by atoms with Gasteiger partial charge in [-0.05, 0) is 19.9 Å². The molecule has 0 saturated carbocycles. The Kier molecular flexibility index (Phi) is 9.59. The highest BCUT2D eigenvalue weighted by atomic mass is 16.2. The van der Waals surface area contributed by atoms with Crippen molar-refractivity contribution in [1.29, 1.82) is 0 Å². The fraction of sp³-hybridized carbons (Fsp3) is 0.778.